The zero-order valence-corrected chi connectivity index (χ0v) is 17.1. The van der Waals surface area contributed by atoms with Crippen LogP contribution in [0.2, 0.25) is 0 Å². The molecule has 0 aliphatic heterocycles. The number of nitro groups is 1. The zero-order chi connectivity index (χ0) is 22.7. The molecule has 4 rings (SSSR count). The van der Waals surface area contributed by atoms with E-state index in [1.807, 2.05) is 0 Å². The zero-order valence-electron chi connectivity index (χ0n) is 16.3. The van der Waals surface area contributed by atoms with Gasteiger partial charge in [-0.25, -0.2) is 17.5 Å². The van der Waals surface area contributed by atoms with E-state index in [-0.39, 0.29) is 35.4 Å². The molecule has 0 spiro atoms. The van der Waals surface area contributed by atoms with Crippen LogP contribution in [0.3, 0.4) is 0 Å². The van der Waals surface area contributed by atoms with Crippen LogP contribution in [-0.2, 0) is 10.0 Å². The molecular formula is C19H15FN6O5S. The third-order valence-corrected chi connectivity index (χ3v) is 5.78. The molecule has 0 bridgehead atoms. The average molecular weight is 458 g/mol. The predicted molar refractivity (Wildman–Crippen MR) is 110 cm³/mol. The van der Waals surface area contributed by atoms with E-state index >= 15 is 0 Å². The van der Waals surface area contributed by atoms with E-state index in [1.165, 1.54) is 34.8 Å². The molecule has 0 unspecified atom stereocenters. The van der Waals surface area contributed by atoms with Gasteiger partial charge < -0.3 is 4.74 Å². The highest BCUT2D eigenvalue weighted by Gasteiger charge is 2.17. The summed E-state index contributed by atoms with van der Waals surface area (Å²) in [5.41, 5.74) is 0.726. The number of nitrogens with zero attached hydrogens (tertiary/aromatic N) is 5. The molecule has 2 heterocycles. The van der Waals surface area contributed by atoms with E-state index in [1.54, 1.807) is 24.3 Å². The molecule has 2 aromatic carbocycles. The van der Waals surface area contributed by atoms with Gasteiger partial charge in [0.1, 0.15) is 12.4 Å². The van der Waals surface area contributed by atoms with Gasteiger partial charge in [-0.2, -0.15) is 4.52 Å². The highest BCUT2D eigenvalue weighted by Crippen LogP contribution is 2.20. The smallest absolute Gasteiger partial charge is 0.270 e. The lowest BCUT2D eigenvalue weighted by atomic mass is 10.2. The van der Waals surface area contributed by atoms with Crippen LogP contribution in [-0.4, -0.2) is 46.3 Å². The first-order valence-electron chi connectivity index (χ1n) is 9.19. The molecule has 0 aliphatic carbocycles. The van der Waals surface area contributed by atoms with Crippen molar-refractivity contribution in [2.24, 2.45) is 0 Å². The minimum atomic E-state index is -3.95. The lowest BCUT2D eigenvalue weighted by Gasteiger charge is -2.08. The number of hydrogen-bond donors (Lipinski definition) is 1. The van der Waals surface area contributed by atoms with E-state index in [0.717, 1.165) is 6.07 Å². The standard InChI is InChI=1S/C19H15FN6O5S/c20-14-6-4-13(5-7-14)19-23-22-17-8-9-18(24-25(17)19)31-11-10-21-32(29,30)16-3-1-2-15(12-16)26(27)28/h1-9,12,21H,10-11H2. The molecule has 11 nitrogen and oxygen atoms in total. The van der Waals surface area contributed by atoms with Gasteiger partial charge in [-0.15, -0.1) is 15.3 Å². The molecule has 0 amide bonds. The summed E-state index contributed by atoms with van der Waals surface area (Å²) in [6.07, 6.45) is 0. The highest BCUT2D eigenvalue weighted by atomic mass is 32.2. The van der Waals surface area contributed by atoms with Crippen LogP contribution in [0, 0.1) is 15.9 Å². The van der Waals surface area contributed by atoms with Crippen molar-refractivity contribution in [3.8, 4) is 17.3 Å². The summed E-state index contributed by atoms with van der Waals surface area (Å²) in [5.74, 6) is 0.194. The van der Waals surface area contributed by atoms with Crippen LogP contribution in [0.1, 0.15) is 0 Å². The molecule has 0 saturated carbocycles. The van der Waals surface area contributed by atoms with Gasteiger partial charge in [0, 0.05) is 30.3 Å². The number of halogens is 1. The Balaban J connectivity index is 1.42. The summed E-state index contributed by atoms with van der Waals surface area (Å²) in [4.78, 5) is 9.94. The van der Waals surface area contributed by atoms with E-state index in [0.29, 0.717) is 17.0 Å². The van der Waals surface area contributed by atoms with Crippen LogP contribution >= 0.6 is 0 Å². The van der Waals surface area contributed by atoms with Gasteiger partial charge >= 0.3 is 0 Å². The fourth-order valence-electron chi connectivity index (χ4n) is 2.81. The molecule has 4 aromatic rings. The molecule has 0 radical (unpaired) electrons. The van der Waals surface area contributed by atoms with Gasteiger partial charge in [0.25, 0.3) is 5.69 Å². The quantitative estimate of drug-likeness (QED) is 0.241. The van der Waals surface area contributed by atoms with Crippen molar-refractivity contribution in [2.75, 3.05) is 13.2 Å². The number of nitrogens with one attached hydrogen (secondary N) is 1. The normalized spacial score (nSPS) is 11.5. The summed E-state index contributed by atoms with van der Waals surface area (Å²) in [7, 11) is -3.95. The number of hydrogen-bond acceptors (Lipinski definition) is 8. The monoisotopic (exact) mass is 458 g/mol. The van der Waals surface area contributed by atoms with Crippen LogP contribution < -0.4 is 9.46 Å². The number of aromatic nitrogens is 4. The number of fused-ring (bicyclic) bond motifs is 1. The Morgan fingerprint density at radius 2 is 1.88 bits per heavy atom. The summed E-state index contributed by atoms with van der Waals surface area (Å²) >= 11 is 0. The maximum absolute atomic E-state index is 13.2. The van der Waals surface area contributed by atoms with Crippen molar-refractivity contribution in [3.05, 3.63) is 76.6 Å². The van der Waals surface area contributed by atoms with Crippen molar-refractivity contribution >= 4 is 21.4 Å². The number of rotatable bonds is 8. The molecule has 2 aromatic heterocycles. The van der Waals surface area contributed by atoms with Gasteiger partial charge in [-0.05, 0) is 36.4 Å². The first kappa shape index (κ1) is 21.3. The molecule has 32 heavy (non-hydrogen) atoms. The van der Waals surface area contributed by atoms with Crippen LogP contribution in [0.5, 0.6) is 5.88 Å². The van der Waals surface area contributed by atoms with E-state index in [2.05, 4.69) is 20.0 Å². The van der Waals surface area contributed by atoms with E-state index < -0.39 is 14.9 Å². The summed E-state index contributed by atoms with van der Waals surface area (Å²) in [6.45, 7) is -0.154. The largest absolute Gasteiger partial charge is 0.475 e. The Bertz CT molecular complexity index is 1390. The SMILES string of the molecule is O=[N+]([O-])c1cccc(S(=O)(=O)NCCOc2ccc3nnc(-c4ccc(F)cc4)n3n2)c1. The number of ether oxygens (including phenoxy) is 1. The van der Waals surface area contributed by atoms with Gasteiger partial charge in [0.15, 0.2) is 11.5 Å². The van der Waals surface area contributed by atoms with Crippen molar-refractivity contribution in [1.29, 1.82) is 0 Å². The maximum atomic E-state index is 13.2. The average Bonchev–Trinajstić information content (AvgIpc) is 3.20. The molecule has 0 fully saturated rings. The Labute approximate surface area is 180 Å². The van der Waals surface area contributed by atoms with Crippen molar-refractivity contribution < 1.29 is 22.5 Å². The number of benzene rings is 2. The van der Waals surface area contributed by atoms with Crippen LogP contribution in [0.25, 0.3) is 17.0 Å². The number of non-ortho nitro benzene ring substituents is 1. The Kier molecular flexibility index (Phi) is 5.75. The van der Waals surface area contributed by atoms with E-state index in [9.17, 15) is 22.9 Å². The molecule has 0 saturated heterocycles. The summed E-state index contributed by atoms with van der Waals surface area (Å²) in [5, 5.41) is 23.2. The lowest BCUT2D eigenvalue weighted by Crippen LogP contribution is -2.28. The van der Waals surface area contributed by atoms with Gasteiger partial charge in [0.05, 0.1) is 9.82 Å². The first-order valence-corrected chi connectivity index (χ1v) is 10.7. The first-order chi connectivity index (χ1) is 15.3. The summed E-state index contributed by atoms with van der Waals surface area (Å²) in [6, 6.07) is 13.6. The maximum Gasteiger partial charge on any atom is 0.270 e. The van der Waals surface area contributed by atoms with Crippen LogP contribution in [0.15, 0.2) is 65.6 Å². The van der Waals surface area contributed by atoms with Gasteiger partial charge in [0.2, 0.25) is 15.9 Å². The second-order valence-electron chi connectivity index (χ2n) is 6.47. The molecule has 13 heteroatoms. The Morgan fingerprint density at radius 1 is 1.09 bits per heavy atom. The fourth-order valence-corrected chi connectivity index (χ4v) is 3.86. The van der Waals surface area contributed by atoms with E-state index in [4.69, 9.17) is 4.74 Å². The minimum Gasteiger partial charge on any atom is -0.475 e. The molecule has 1 N–H and O–H groups in total. The van der Waals surface area contributed by atoms with Crippen LogP contribution in [0.4, 0.5) is 10.1 Å². The Morgan fingerprint density at radius 3 is 2.62 bits per heavy atom. The lowest BCUT2D eigenvalue weighted by molar-refractivity contribution is -0.385. The second kappa shape index (κ2) is 8.64. The van der Waals surface area contributed by atoms with Gasteiger partial charge in [-0.3, -0.25) is 10.1 Å². The molecular weight excluding hydrogens is 443 g/mol. The third kappa shape index (κ3) is 4.53. The second-order valence-corrected chi connectivity index (χ2v) is 8.24. The van der Waals surface area contributed by atoms with Crippen molar-refractivity contribution in [1.82, 2.24) is 24.5 Å². The molecule has 0 atom stereocenters. The molecule has 0 aliphatic rings. The predicted octanol–water partition coefficient (Wildman–Crippen LogP) is 2.20. The number of sulfonamides is 1. The number of nitro benzene ring substituents is 1. The van der Waals surface area contributed by atoms with Gasteiger partial charge in [-0.1, -0.05) is 6.07 Å². The minimum absolute atomic E-state index is 0.0549. The highest BCUT2D eigenvalue weighted by molar-refractivity contribution is 7.89. The topological polar surface area (TPSA) is 142 Å². The Hall–Kier alpha value is -3.97. The summed E-state index contributed by atoms with van der Waals surface area (Å²) < 4.78 is 47.1. The molecule has 164 valence electrons. The fraction of sp³-hybridized carbons (Fsp3) is 0.105. The van der Waals surface area contributed by atoms with Crippen molar-refractivity contribution in [2.45, 2.75) is 4.90 Å². The van der Waals surface area contributed by atoms with Crippen molar-refractivity contribution in [3.63, 3.8) is 0 Å². The third-order valence-electron chi connectivity index (χ3n) is 4.32.